The minimum absolute atomic E-state index is 0.0815. The molecule has 0 saturated carbocycles. The number of hydrogen-bond donors (Lipinski definition) is 1. The van der Waals surface area contributed by atoms with Crippen LogP contribution in [0, 0.1) is 0 Å². The Morgan fingerprint density at radius 3 is 2.63 bits per heavy atom. The predicted molar refractivity (Wildman–Crippen MR) is 70.7 cm³/mol. The van der Waals surface area contributed by atoms with E-state index in [2.05, 4.69) is 15.5 Å². The Balaban J connectivity index is 1.95. The molecule has 2 rings (SSSR count). The van der Waals surface area contributed by atoms with Gasteiger partial charge in [0.05, 0.1) is 19.9 Å². The van der Waals surface area contributed by atoms with Crippen LogP contribution in [0.15, 0.2) is 28.4 Å². The Labute approximate surface area is 111 Å². The van der Waals surface area contributed by atoms with Crippen molar-refractivity contribution < 1.29 is 14.3 Å². The quantitative estimate of drug-likeness (QED) is 0.857. The van der Waals surface area contributed by atoms with Gasteiger partial charge in [-0.15, -0.1) is 0 Å². The van der Waals surface area contributed by atoms with Gasteiger partial charge in [-0.05, 0) is 19.1 Å². The first-order valence-corrected chi connectivity index (χ1v) is 6.02. The van der Waals surface area contributed by atoms with Gasteiger partial charge in [0.2, 0.25) is 5.91 Å². The molecule has 1 N–H and O–H groups in total. The molecule has 0 fully saturated rings. The molecule has 6 nitrogen and oxygen atoms in total. The van der Waals surface area contributed by atoms with Crippen LogP contribution in [-0.4, -0.2) is 25.8 Å². The Hall–Kier alpha value is -2.11. The zero-order valence-corrected chi connectivity index (χ0v) is 11.3. The highest BCUT2D eigenvalue weighted by molar-refractivity contribution is 5.92. The second-order valence-electron chi connectivity index (χ2n) is 4.53. The summed E-state index contributed by atoms with van der Waals surface area (Å²) >= 11 is 0. The van der Waals surface area contributed by atoms with E-state index in [1.807, 2.05) is 6.92 Å². The molecule has 1 aromatic carbocycles. The summed E-state index contributed by atoms with van der Waals surface area (Å²) in [6, 6.07) is 5.25. The van der Waals surface area contributed by atoms with Gasteiger partial charge in [-0.3, -0.25) is 4.79 Å². The number of hydrogen-bond acceptors (Lipinski definition) is 5. The maximum atomic E-state index is 11.8. The lowest BCUT2D eigenvalue weighted by atomic mass is 10.1. The summed E-state index contributed by atoms with van der Waals surface area (Å²) < 4.78 is 10.3. The monoisotopic (exact) mass is 263 g/mol. The van der Waals surface area contributed by atoms with Gasteiger partial charge in [-0.25, -0.2) is 0 Å². The molecule has 0 radical (unpaired) electrons. The Bertz CT molecular complexity index is 508. The fraction of sp³-hybridized carbons (Fsp3) is 0.462. The fourth-order valence-electron chi connectivity index (χ4n) is 1.65. The molecule has 1 aliphatic rings. The first-order valence-electron chi connectivity index (χ1n) is 6.02. The molecule has 0 spiro atoms. The molecular formula is C13H17N3O3. The summed E-state index contributed by atoms with van der Waals surface area (Å²) in [5, 5.41) is 10.6. The van der Waals surface area contributed by atoms with E-state index in [0.29, 0.717) is 30.0 Å². The molecular weight excluding hydrogens is 246 g/mol. The van der Waals surface area contributed by atoms with Crippen LogP contribution in [0.4, 0.5) is 5.69 Å². The highest BCUT2D eigenvalue weighted by Gasteiger charge is 2.33. The van der Waals surface area contributed by atoms with Crippen molar-refractivity contribution in [3.8, 4) is 11.5 Å². The van der Waals surface area contributed by atoms with E-state index in [-0.39, 0.29) is 11.6 Å². The molecule has 1 amide bonds. The van der Waals surface area contributed by atoms with Gasteiger partial charge in [-0.2, -0.15) is 10.2 Å². The highest BCUT2D eigenvalue weighted by atomic mass is 16.5. The third kappa shape index (κ3) is 3.43. The van der Waals surface area contributed by atoms with Crippen LogP contribution < -0.4 is 14.8 Å². The zero-order valence-electron chi connectivity index (χ0n) is 11.3. The molecule has 1 aliphatic heterocycles. The van der Waals surface area contributed by atoms with Crippen molar-refractivity contribution in [1.82, 2.24) is 0 Å². The van der Waals surface area contributed by atoms with E-state index >= 15 is 0 Å². The Morgan fingerprint density at radius 2 is 2.05 bits per heavy atom. The third-order valence-electron chi connectivity index (χ3n) is 2.95. The van der Waals surface area contributed by atoms with Crippen LogP contribution in [0.25, 0.3) is 0 Å². The Kier molecular flexibility index (Phi) is 3.69. The van der Waals surface area contributed by atoms with Crippen LogP contribution in [-0.2, 0) is 4.79 Å². The first kappa shape index (κ1) is 13.3. The number of ether oxygens (including phenoxy) is 2. The van der Waals surface area contributed by atoms with Crippen LogP contribution in [0.2, 0.25) is 0 Å². The van der Waals surface area contributed by atoms with Gasteiger partial charge in [-0.1, -0.05) is 0 Å². The molecule has 1 heterocycles. The minimum Gasteiger partial charge on any atom is -0.497 e. The lowest BCUT2D eigenvalue weighted by Gasteiger charge is -2.11. The number of benzene rings is 1. The highest BCUT2D eigenvalue weighted by Crippen LogP contribution is 2.33. The number of rotatable bonds is 6. The lowest BCUT2D eigenvalue weighted by Crippen LogP contribution is -2.15. The minimum atomic E-state index is -0.346. The predicted octanol–water partition coefficient (Wildman–Crippen LogP) is 2.60. The van der Waals surface area contributed by atoms with Crippen LogP contribution in [0.3, 0.4) is 0 Å². The van der Waals surface area contributed by atoms with Crippen molar-refractivity contribution in [3.63, 3.8) is 0 Å². The molecule has 0 saturated heterocycles. The largest absolute Gasteiger partial charge is 0.497 e. The average molecular weight is 263 g/mol. The van der Waals surface area contributed by atoms with Crippen molar-refractivity contribution in [2.75, 3.05) is 19.5 Å². The molecule has 0 aliphatic carbocycles. The summed E-state index contributed by atoms with van der Waals surface area (Å²) in [6.45, 7) is 1.90. The molecule has 102 valence electrons. The van der Waals surface area contributed by atoms with Crippen molar-refractivity contribution in [2.24, 2.45) is 10.2 Å². The van der Waals surface area contributed by atoms with Crippen LogP contribution in [0.5, 0.6) is 11.5 Å². The van der Waals surface area contributed by atoms with E-state index in [4.69, 9.17) is 9.47 Å². The molecule has 19 heavy (non-hydrogen) atoms. The number of carbonyl (C=O) groups is 1. The summed E-state index contributed by atoms with van der Waals surface area (Å²) in [5.41, 5.74) is 0.282. The van der Waals surface area contributed by atoms with Gasteiger partial charge in [0.25, 0.3) is 0 Å². The van der Waals surface area contributed by atoms with Crippen LogP contribution in [0.1, 0.15) is 19.8 Å². The van der Waals surface area contributed by atoms with E-state index in [0.717, 1.165) is 0 Å². The summed E-state index contributed by atoms with van der Waals surface area (Å²) in [4.78, 5) is 11.8. The standard InChI is InChI=1S/C13H17N3O3/c1-13(15-16-13)7-6-12(17)14-10-5-4-9(18-2)8-11(10)19-3/h4-5,8H,6-7H2,1-3H3,(H,14,17). The van der Waals surface area contributed by atoms with E-state index in [1.165, 1.54) is 0 Å². The Morgan fingerprint density at radius 1 is 1.32 bits per heavy atom. The summed E-state index contributed by atoms with van der Waals surface area (Å²) in [6.07, 6.45) is 0.996. The normalized spacial score (nSPS) is 14.9. The summed E-state index contributed by atoms with van der Waals surface area (Å²) in [5.74, 6) is 1.17. The topological polar surface area (TPSA) is 72.3 Å². The molecule has 0 atom stereocenters. The van der Waals surface area contributed by atoms with Crippen molar-refractivity contribution in [1.29, 1.82) is 0 Å². The lowest BCUT2D eigenvalue weighted by molar-refractivity contribution is -0.116. The van der Waals surface area contributed by atoms with Gasteiger partial charge >= 0.3 is 0 Å². The van der Waals surface area contributed by atoms with Crippen LogP contribution >= 0.6 is 0 Å². The number of nitrogens with zero attached hydrogens (tertiary/aromatic N) is 2. The maximum Gasteiger partial charge on any atom is 0.224 e. The van der Waals surface area contributed by atoms with E-state index in [1.54, 1.807) is 32.4 Å². The van der Waals surface area contributed by atoms with Crippen molar-refractivity contribution in [3.05, 3.63) is 18.2 Å². The molecule has 1 aromatic rings. The van der Waals surface area contributed by atoms with Crippen molar-refractivity contribution >= 4 is 11.6 Å². The number of methoxy groups -OCH3 is 2. The SMILES string of the molecule is COc1ccc(NC(=O)CCC2(C)N=N2)c(OC)c1. The van der Waals surface area contributed by atoms with Gasteiger partial charge in [0.1, 0.15) is 11.5 Å². The molecule has 0 aromatic heterocycles. The summed E-state index contributed by atoms with van der Waals surface area (Å²) in [7, 11) is 3.13. The van der Waals surface area contributed by atoms with Gasteiger partial charge < -0.3 is 14.8 Å². The average Bonchev–Trinajstić information content (AvgIpc) is 3.15. The van der Waals surface area contributed by atoms with Gasteiger partial charge in [0, 0.05) is 18.9 Å². The molecule has 0 bridgehead atoms. The number of nitrogens with one attached hydrogen (secondary N) is 1. The number of amides is 1. The zero-order chi connectivity index (χ0) is 13.9. The second-order valence-corrected chi connectivity index (χ2v) is 4.53. The van der Waals surface area contributed by atoms with Gasteiger partial charge in [0.15, 0.2) is 5.66 Å². The van der Waals surface area contributed by atoms with E-state index in [9.17, 15) is 4.79 Å². The number of anilines is 1. The molecule has 6 heteroatoms. The second kappa shape index (κ2) is 5.26. The molecule has 0 unspecified atom stereocenters. The first-order chi connectivity index (χ1) is 9.06. The smallest absolute Gasteiger partial charge is 0.224 e. The number of carbonyl (C=O) groups excluding carboxylic acids is 1. The van der Waals surface area contributed by atoms with E-state index < -0.39 is 0 Å². The van der Waals surface area contributed by atoms with Crippen molar-refractivity contribution in [2.45, 2.75) is 25.4 Å². The maximum absolute atomic E-state index is 11.8. The third-order valence-corrected chi connectivity index (χ3v) is 2.95. The fourth-order valence-corrected chi connectivity index (χ4v) is 1.65.